The van der Waals surface area contributed by atoms with E-state index in [9.17, 15) is 9.18 Å². The van der Waals surface area contributed by atoms with Crippen LogP contribution in [0.1, 0.15) is 11.1 Å². The number of carbonyl (C=O) groups is 1. The Kier molecular flexibility index (Phi) is 6.15. The van der Waals surface area contributed by atoms with Gasteiger partial charge in [0.1, 0.15) is 5.82 Å². The minimum atomic E-state index is -0.303. The number of nitrogens with one attached hydrogen (secondary N) is 1. The first-order chi connectivity index (χ1) is 13.1. The lowest BCUT2D eigenvalue weighted by Gasteiger charge is -2.19. The predicted octanol–water partition coefficient (Wildman–Crippen LogP) is 4.08. The molecule has 27 heavy (non-hydrogen) atoms. The first-order valence-corrected chi connectivity index (χ1v) is 8.84. The average Bonchev–Trinajstić information content (AvgIpc) is 2.69. The van der Waals surface area contributed by atoms with E-state index in [0.29, 0.717) is 0 Å². The summed E-state index contributed by atoms with van der Waals surface area (Å²) in [7, 11) is 2.04. The lowest BCUT2D eigenvalue weighted by Crippen LogP contribution is -2.20. The molecular formula is C22H22FN3O. The first kappa shape index (κ1) is 18.6. The molecule has 3 aromatic rings. The van der Waals surface area contributed by atoms with Crippen LogP contribution >= 0.6 is 0 Å². The third-order valence-corrected chi connectivity index (χ3v) is 4.36. The van der Waals surface area contributed by atoms with Gasteiger partial charge in [0.25, 0.3) is 0 Å². The summed E-state index contributed by atoms with van der Waals surface area (Å²) in [5.74, 6) is -0.428. The van der Waals surface area contributed by atoms with Crippen molar-refractivity contribution in [3.05, 3.63) is 90.0 Å². The topological polar surface area (TPSA) is 45.2 Å². The monoisotopic (exact) mass is 363 g/mol. The van der Waals surface area contributed by atoms with Crippen LogP contribution in [-0.2, 0) is 17.6 Å². The largest absolute Gasteiger partial charge is 0.374 e. The Labute approximate surface area is 158 Å². The zero-order valence-corrected chi connectivity index (χ0v) is 15.2. The molecule has 0 bridgehead atoms. The number of halogens is 1. The van der Waals surface area contributed by atoms with Crippen molar-refractivity contribution in [1.29, 1.82) is 0 Å². The maximum Gasteiger partial charge on any atom is 0.228 e. The van der Waals surface area contributed by atoms with E-state index in [2.05, 4.69) is 15.2 Å². The fourth-order valence-corrected chi connectivity index (χ4v) is 2.77. The molecule has 1 N–H and O–H groups in total. The third kappa shape index (κ3) is 5.64. The molecule has 0 saturated carbocycles. The summed E-state index contributed by atoms with van der Waals surface area (Å²) < 4.78 is 12.9. The van der Waals surface area contributed by atoms with Gasteiger partial charge in [0.05, 0.1) is 6.42 Å². The van der Waals surface area contributed by atoms with Crippen molar-refractivity contribution in [2.24, 2.45) is 0 Å². The Bertz CT molecular complexity index is 864. The third-order valence-electron chi connectivity index (χ3n) is 4.36. The minimum absolute atomic E-state index is 0.125. The highest BCUT2D eigenvalue weighted by molar-refractivity contribution is 5.92. The number of pyridine rings is 1. The maximum atomic E-state index is 12.9. The second kappa shape index (κ2) is 8.94. The molecule has 0 aliphatic rings. The van der Waals surface area contributed by atoms with Crippen molar-refractivity contribution in [2.75, 3.05) is 23.8 Å². The second-order valence-corrected chi connectivity index (χ2v) is 6.43. The molecule has 0 spiro atoms. The predicted molar refractivity (Wildman–Crippen MR) is 106 cm³/mol. The molecule has 0 unspecified atom stereocenters. The summed E-state index contributed by atoms with van der Waals surface area (Å²) in [6.45, 7) is 0.889. The van der Waals surface area contributed by atoms with Crippen molar-refractivity contribution in [3.63, 3.8) is 0 Å². The van der Waals surface area contributed by atoms with E-state index >= 15 is 0 Å². The molecule has 0 aliphatic carbocycles. The van der Waals surface area contributed by atoms with Crippen LogP contribution < -0.4 is 10.2 Å². The molecule has 0 atom stereocenters. The molecule has 3 rings (SSSR count). The highest BCUT2D eigenvalue weighted by atomic mass is 19.1. The van der Waals surface area contributed by atoms with Gasteiger partial charge in [-0.25, -0.2) is 4.39 Å². The SMILES string of the molecule is CN(CCc1ccncc1)c1ccc(NC(=O)Cc2ccc(F)cc2)cc1. The summed E-state index contributed by atoms with van der Waals surface area (Å²) in [6, 6.07) is 17.8. The standard InChI is InChI=1S/C22H22FN3O/c1-26(15-12-17-10-13-24-14-11-17)21-8-6-20(7-9-21)25-22(27)16-18-2-4-19(23)5-3-18/h2-11,13-14H,12,15-16H2,1H3,(H,25,27). The van der Waals surface area contributed by atoms with Crippen molar-refractivity contribution in [2.45, 2.75) is 12.8 Å². The zero-order chi connectivity index (χ0) is 19.1. The maximum absolute atomic E-state index is 12.9. The summed E-state index contributed by atoms with van der Waals surface area (Å²) in [6.07, 6.45) is 4.76. The van der Waals surface area contributed by atoms with Gasteiger partial charge in [-0.15, -0.1) is 0 Å². The van der Waals surface area contributed by atoms with Crippen molar-refractivity contribution < 1.29 is 9.18 Å². The van der Waals surface area contributed by atoms with Crippen LogP contribution in [0.3, 0.4) is 0 Å². The molecule has 2 aromatic carbocycles. The number of benzene rings is 2. The van der Waals surface area contributed by atoms with Crippen LogP contribution in [0.2, 0.25) is 0 Å². The Morgan fingerprint density at radius 3 is 2.30 bits per heavy atom. The summed E-state index contributed by atoms with van der Waals surface area (Å²) >= 11 is 0. The van der Waals surface area contributed by atoms with Crippen LogP contribution in [0.25, 0.3) is 0 Å². The van der Waals surface area contributed by atoms with Gasteiger partial charge in [-0.3, -0.25) is 9.78 Å². The van der Waals surface area contributed by atoms with Gasteiger partial charge in [-0.2, -0.15) is 0 Å². The highest BCUT2D eigenvalue weighted by Gasteiger charge is 2.06. The van der Waals surface area contributed by atoms with Gasteiger partial charge in [-0.05, 0) is 66.1 Å². The fraction of sp³-hybridized carbons (Fsp3) is 0.182. The van der Waals surface area contributed by atoms with E-state index < -0.39 is 0 Å². The number of rotatable bonds is 7. The normalized spacial score (nSPS) is 10.4. The molecule has 0 aliphatic heterocycles. The number of likely N-dealkylation sites (N-methyl/N-ethyl adjacent to an activating group) is 1. The Balaban J connectivity index is 1.51. The Morgan fingerprint density at radius 2 is 1.63 bits per heavy atom. The number of aromatic nitrogens is 1. The molecule has 1 heterocycles. The van der Waals surface area contributed by atoms with Gasteiger partial charge in [0.15, 0.2) is 0 Å². The summed E-state index contributed by atoms with van der Waals surface area (Å²) in [5.41, 5.74) is 3.86. The Hall–Kier alpha value is -3.21. The lowest BCUT2D eigenvalue weighted by atomic mass is 10.1. The highest BCUT2D eigenvalue weighted by Crippen LogP contribution is 2.17. The molecule has 0 fully saturated rings. The number of anilines is 2. The number of carbonyl (C=O) groups excluding carboxylic acids is 1. The molecule has 0 radical (unpaired) electrons. The second-order valence-electron chi connectivity index (χ2n) is 6.43. The van der Waals surface area contributed by atoms with Crippen molar-refractivity contribution in [1.82, 2.24) is 4.98 Å². The Morgan fingerprint density at radius 1 is 0.963 bits per heavy atom. The summed E-state index contributed by atoms with van der Waals surface area (Å²) in [4.78, 5) is 18.3. The van der Waals surface area contributed by atoms with Crippen LogP contribution in [0.4, 0.5) is 15.8 Å². The smallest absolute Gasteiger partial charge is 0.228 e. The molecule has 0 saturated heterocycles. The summed E-state index contributed by atoms with van der Waals surface area (Å²) in [5, 5.41) is 2.87. The van der Waals surface area contributed by atoms with E-state index in [1.54, 1.807) is 24.5 Å². The van der Waals surface area contributed by atoms with Gasteiger partial charge in [0, 0.05) is 37.4 Å². The average molecular weight is 363 g/mol. The molecule has 5 heteroatoms. The number of hydrogen-bond acceptors (Lipinski definition) is 3. The number of hydrogen-bond donors (Lipinski definition) is 1. The van der Waals surface area contributed by atoms with E-state index in [1.165, 1.54) is 17.7 Å². The van der Waals surface area contributed by atoms with Gasteiger partial charge >= 0.3 is 0 Å². The number of amides is 1. The van der Waals surface area contributed by atoms with Crippen molar-refractivity contribution in [3.8, 4) is 0 Å². The quantitative estimate of drug-likeness (QED) is 0.688. The first-order valence-electron chi connectivity index (χ1n) is 8.84. The van der Waals surface area contributed by atoms with Crippen LogP contribution in [0.15, 0.2) is 73.1 Å². The molecule has 138 valence electrons. The van der Waals surface area contributed by atoms with Crippen molar-refractivity contribution >= 4 is 17.3 Å². The molecule has 1 aromatic heterocycles. The lowest BCUT2D eigenvalue weighted by molar-refractivity contribution is -0.115. The van der Waals surface area contributed by atoms with Crippen LogP contribution in [0.5, 0.6) is 0 Å². The minimum Gasteiger partial charge on any atom is -0.374 e. The van der Waals surface area contributed by atoms with Gasteiger partial charge < -0.3 is 10.2 Å². The molecule has 4 nitrogen and oxygen atoms in total. The van der Waals surface area contributed by atoms with Crippen LogP contribution in [-0.4, -0.2) is 24.5 Å². The van der Waals surface area contributed by atoms with E-state index in [0.717, 1.165) is 29.9 Å². The van der Waals surface area contributed by atoms with E-state index in [4.69, 9.17) is 0 Å². The molecular weight excluding hydrogens is 341 g/mol. The zero-order valence-electron chi connectivity index (χ0n) is 15.2. The van der Waals surface area contributed by atoms with E-state index in [1.807, 2.05) is 43.4 Å². The van der Waals surface area contributed by atoms with E-state index in [-0.39, 0.29) is 18.1 Å². The van der Waals surface area contributed by atoms with Gasteiger partial charge in [-0.1, -0.05) is 12.1 Å². The van der Waals surface area contributed by atoms with Crippen LogP contribution in [0, 0.1) is 5.82 Å². The van der Waals surface area contributed by atoms with Gasteiger partial charge in [0.2, 0.25) is 5.91 Å². The fourth-order valence-electron chi connectivity index (χ4n) is 2.77. The molecule has 1 amide bonds. The number of nitrogens with zero attached hydrogens (tertiary/aromatic N) is 2.